The predicted octanol–water partition coefficient (Wildman–Crippen LogP) is 4.19. The first-order valence-corrected chi connectivity index (χ1v) is 8.76. The van der Waals surface area contributed by atoms with E-state index in [2.05, 4.69) is 63.9 Å². The maximum absolute atomic E-state index is 4.55. The average molecular weight is 310 g/mol. The number of aryl methyl sites for hydroxylation is 1. The number of aromatic nitrogens is 2. The minimum Gasteiger partial charge on any atom is -0.356 e. The molecule has 1 aromatic carbocycles. The highest BCUT2D eigenvalue weighted by Gasteiger charge is 2.19. The second-order valence-electron chi connectivity index (χ2n) is 6.11. The van der Waals surface area contributed by atoms with Crippen molar-refractivity contribution in [1.29, 1.82) is 0 Å². The largest absolute Gasteiger partial charge is 0.356 e. The second kappa shape index (κ2) is 7.44. The lowest BCUT2D eigenvalue weighted by atomic mass is 10.0. The van der Waals surface area contributed by atoms with E-state index in [9.17, 15) is 0 Å². The van der Waals surface area contributed by atoms with Gasteiger partial charge in [0.05, 0.1) is 0 Å². The van der Waals surface area contributed by atoms with Gasteiger partial charge in [-0.2, -0.15) is 0 Å². The molecule has 3 rings (SSSR count). The molecule has 0 radical (unpaired) electrons. The molecule has 0 N–H and O–H groups in total. The molecule has 0 fully saturated rings. The molecular formula is C19H26N4. The summed E-state index contributed by atoms with van der Waals surface area (Å²) in [4.78, 5) is 13.8. The third-order valence-corrected chi connectivity index (χ3v) is 4.34. The van der Waals surface area contributed by atoms with E-state index in [4.69, 9.17) is 0 Å². The van der Waals surface area contributed by atoms with Gasteiger partial charge in [-0.05, 0) is 37.3 Å². The molecule has 23 heavy (non-hydrogen) atoms. The molecule has 0 aliphatic carbocycles. The minimum absolute atomic E-state index is 1.01. The van der Waals surface area contributed by atoms with Crippen LogP contribution in [0.5, 0.6) is 0 Å². The van der Waals surface area contributed by atoms with E-state index in [0.29, 0.717) is 0 Å². The zero-order valence-corrected chi connectivity index (χ0v) is 14.2. The lowest BCUT2D eigenvalue weighted by Gasteiger charge is -2.31. The van der Waals surface area contributed by atoms with Crippen molar-refractivity contribution in [3.8, 4) is 0 Å². The lowest BCUT2D eigenvalue weighted by molar-refractivity contribution is 0.728. The lowest BCUT2D eigenvalue weighted by Crippen LogP contribution is -2.28. The van der Waals surface area contributed by atoms with Gasteiger partial charge in [0.2, 0.25) is 0 Å². The fourth-order valence-electron chi connectivity index (χ4n) is 3.31. The molecule has 1 aromatic heterocycles. The first kappa shape index (κ1) is 15.8. The Labute approximate surface area is 139 Å². The van der Waals surface area contributed by atoms with Crippen LogP contribution in [0.4, 0.5) is 17.3 Å². The number of fused-ring (bicyclic) bond motifs is 1. The van der Waals surface area contributed by atoms with Crippen molar-refractivity contribution in [1.82, 2.24) is 9.97 Å². The summed E-state index contributed by atoms with van der Waals surface area (Å²) in [5.74, 6) is 2.06. The number of hydrogen-bond acceptors (Lipinski definition) is 4. The molecule has 4 nitrogen and oxygen atoms in total. The van der Waals surface area contributed by atoms with Gasteiger partial charge in [0.25, 0.3) is 0 Å². The molecule has 0 atom stereocenters. The van der Waals surface area contributed by atoms with Crippen molar-refractivity contribution in [2.45, 2.75) is 39.5 Å². The van der Waals surface area contributed by atoms with Crippen molar-refractivity contribution >= 4 is 17.3 Å². The Morgan fingerprint density at radius 2 is 1.87 bits per heavy atom. The summed E-state index contributed by atoms with van der Waals surface area (Å²) in [7, 11) is 0. The predicted molar refractivity (Wildman–Crippen MR) is 96.6 cm³/mol. The van der Waals surface area contributed by atoms with Crippen LogP contribution in [0.3, 0.4) is 0 Å². The number of rotatable bonds is 6. The number of benzene rings is 1. The van der Waals surface area contributed by atoms with Gasteiger partial charge >= 0.3 is 0 Å². The standard InChI is InChI=1S/C19H26N4/c1-3-11-22(12-4-2)18-14-19(21-15-20-18)23-13-7-9-16-8-5-6-10-17(16)23/h5-6,8,10,14-15H,3-4,7,9,11-13H2,1-2H3. The fraction of sp³-hybridized carbons (Fsp3) is 0.474. The molecule has 0 unspecified atom stereocenters. The monoisotopic (exact) mass is 310 g/mol. The van der Waals surface area contributed by atoms with Crippen LogP contribution < -0.4 is 9.80 Å². The summed E-state index contributed by atoms with van der Waals surface area (Å²) >= 11 is 0. The Morgan fingerprint density at radius 1 is 1.09 bits per heavy atom. The fourth-order valence-corrected chi connectivity index (χ4v) is 3.31. The third kappa shape index (κ3) is 3.46. The summed E-state index contributed by atoms with van der Waals surface area (Å²) in [5, 5.41) is 0. The van der Waals surface area contributed by atoms with Crippen LogP contribution in [-0.4, -0.2) is 29.6 Å². The van der Waals surface area contributed by atoms with Gasteiger partial charge in [0, 0.05) is 31.4 Å². The zero-order valence-electron chi connectivity index (χ0n) is 14.2. The van der Waals surface area contributed by atoms with Crippen LogP contribution in [0.1, 0.15) is 38.7 Å². The Balaban J connectivity index is 1.91. The van der Waals surface area contributed by atoms with Gasteiger partial charge in [-0.1, -0.05) is 32.0 Å². The summed E-state index contributed by atoms with van der Waals surface area (Å²) < 4.78 is 0. The smallest absolute Gasteiger partial charge is 0.138 e. The minimum atomic E-state index is 1.01. The van der Waals surface area contributed by atoms with Crippen LogP contribution >= 0.6 is 0 Å². The Kier molecular flexibility index (Phi) is 5.11. The topological polar surface area (TPSA) is 32.3 Å². The van der Waals surface area contributed by atoms with Crippen LogP contribution in [-0.2, 0) is 6.42 Å². The molecule has 0 bridgehead atoms. The summed E-state index contributed by atoms with van der Waals surface area (Å²) in [5.41, 5.74) is 2.71. The van der Waals surface area contributed by atoms with Crippen molar-refractivity contribution in [3.63, 3.8) is 0 Å². The average Bonchev–Trinajstić information content (AvgIpc) is 2.61. The Morgan fingerprint density at radius 3 is 2.65 bits per heavy atom. The Hall–Kier alpha value is -2.10. The first-order valence-electron chi connectivity index (χ1n) is 8.76. The molecule has 0 spiro atoms. The van der Waals surface area contributed by atoms with Gasteiger partial charge in [-0.15, -0.1) is 0 Å². The van der Waals surface area contributed by atoms with E-state index >= 15 is 0 Å². The molecule has 0 saturated carbocycles. The number of hydrogen-bond donors (Lipinski definition) is 0. The van der Waals surface area contributed by atoms with Crippen molar-refractivity contribution in [2.75, 3.05) is 29.4 Å². The van der Waals surface area contributed by atoms with E-state index in [1.807, 2.05) is 0 Å². The van der Waals surface area contributed by atoms with Crippen LogP contribution in [0, 0.1) is 0 Å². The highest BCUT2D eigenvalue weighted by Crippen LogP contribution is 2.33. The van der Waals surface area contributed by atoms with Crippen molar-refractivity contribution in [2.24, 2.45) is 0 Å². The van der Waals surface area contributed by atoms with Gasteiger partial charge in [0.1, 0.15) is 18.0 Å². The third-order valence-electron chi connectivity index (χ3n) is 4.34. The molecule has 0 saturated heterocycles. The quantitative estimate of drug-likeness (QED) is 0.801. The van der Waals surface area contributed by atoms with E-state index in [1.54, 1.807) is 6.33 Å². The molecule has 122 valence electrons. The van der Waals surface area contributed by atoms with Crippen LogP contribution in [0.15, 0.2) is 36.7 Å². The van der Waals surface area contributed by atoms with Crippen molar-refractivity contribution < 1.29 is 0 Å². The van der Waals surface area contributed by atoms with Gasteiger partial charge in [0.15, 0.2) is 0 Å². The molecule has 1 aliphatic heterocycles. The molecule has 2 heterocycles. The first-order chi connectivity index (χ1) is 11.3. The SMILES string of the molecule is CCCN(CCC)c1cc(N2CCCc3ccccc32)ncn1. The molecule has 1 aliphatic rings. The maximum atomic E-state index is 4.55. The molecule has 2 aromatic rings. The summed E-state index contributed by atoms with van der Waals surface area (Å²) in [6, 6.07) is 10.8. The van der Waals surface area contributed by atoms with Gasteiger partial charge in [-0.25, -0.2) is 9.97 Å². The van der Waals surface area contributed by atoms with Crippen LogP contribution in [0.2, 0.25) is 0 Å². The van der Waals surface area contributed by atoms with E-state index in [-0.39, 0.29) is 0 Å². The molecule has 4 heteroatoms. The highest BCUT2D eigenvalue weighted by atomic mass is 15.2. The number of para-hydroxylation sites is 1. The van der Waals surface area contributed by atoms with Gasteiger partial charge < -0.3 is 9.80 Å². The zero-order chi connectivity index (χ0) is 16.1. The van der Waals surface area contributed by atoms with E-state index < -0.39 is 0 Å². The van der Waals surface area contributed by atoms with Gasteiger partial charge in [-0.3, -0.25) is 0 Å². The maximum Gasteiger partial charge on any atom is 0.138 e. The number of anilines is 3. The normalized spacial score (nSPS) is 13.7. The number of nitrogens with zero attached hydrogens (tertiary/aromatic N) is 4. The second-order valence-corrected chi connectivity index (χ2v) is 6.11. The summed E-state index contributed by atoms with van der Waals surface area (Å²) in [6.45, 7) is 7.54. The van der Waals surface area contributed by atoms with Crippen molar-refractivity contribution in [3.05, 3.63) is 42.2 Å². The molecular weight excluding hydrogens is 284 g/mol. The Bertz CT molecular complexity index is 635. The summed E-state index contributed by atoms with van der Waals surface area (Å²) in [6.07, 6.45) is 6.30. The van der Waals surface area contributed by atoms with Crippen LogP contribution in [0.25, 0.3) is 0 Å². The highest BCUT2D eigenvalue weighted by molar-refractivity contribution is 5.67. The van der Waals surface area contributed by atoms with E-state index in [0.717, 1.165) is 50.5 Å². The molecule has 0 amide bonds. The van der Waals surface area contributed by atoms with E-state index in [1.165, 1.54) is 17.7 Å².